The maximum absolute atomic E-state index is 13.9. The number of nitrogens with zero attached hydrogens (tertiary/aromatic N) is 1. The van der Waals surface area contributed by atoms with E-state index in [0.717, 1.165) is 12.8 Å². The third-order valence-corrected chi connectivity index (χ3v) is 3.86. The molecule has 0 spiro atoms. The first kappa shape index (κ1) is 13.1. The third kappa shape index (κ3) is 2.29. The van der Waals surface area contributed by atoms with Crippen LogP contribution in [0.5, 0.6) is 0 Å². The van der Waals surface area contributed by atoms with Crippen molar-refractivity contribution in [3.8, 4) is 0 Å². The lowest BCUT2D eigenvalue weighted by molar-refractivity contribution is 0.0647. The van der Waals surface area contributed by atoms with Crippen molar-refractivity contribution in [2.24, 2.45) is 5.92 Å². The minimum atomic E-state index is -0.487. The molecule has 0 bridgehead atoms. The molecule has 1 aliphatic rings. The van der Waals surface area contributed by atoms with Crippen LogP contribution in [0.4, 0.5) is 4.39 Å². The highest BCUT2D eigenvalue weighted by Crippen LogP contribution is 2.33. The summed E-state index contributed by atoms with van der Waals surface area (Å²) in [5, 5.41) is 10.2. The number of nitrogens with one attached hydrogen (secondary N) is 1. The van der Waals surface area contributed by atoms with Crippen LogP contribution in [-0.2, 0) is 0 Å². The number of halogens is 1. The number of aliphatic hydroxyl groups is 1. The number of benzene rings is 1. The fourth-order valence-electron chi connectivity index (χ4n) is 2.51. The summed E-state index contributed by atoms with van der Waals surface area (Å²) in [7, 11) is 1.63. The molecule has 1 amide bonds. The zero-order valence-electron chi connectivity index (χ0n) is 11.3. The number of rotatable bonds is 4. The van der Waals surface area contributed by atoms with E-state index in [1.165, 1.54) is 17.2 Å². The van der Waals surface area contributed by atoms with E-state index in [2.05, 4.69) is 4.98 Å². The molecule has 2 N–H and O–H groups in total. The summed E-state index contributed by atoms with van der Waals surface area (Å²) in [6, 6.07) is 4.67. The Morgan fingerprint density at radius 3 is 3.00 bits per heavy atom. The zero-order valence-corrected chi connectivity index (χ0v) is 11.3. The Bertz CT molecular complexity index is 648. The highest BCUT2D eigenvalue weighted by molar-refractivity contribution is 6.06. The van der Waals surface area contributed by atoms with Gasteiger partial charge in [-0.2, -0.15) is 0 Å². The molecule has 1 unspecified atom stereocenters. The minimum absolute atomic E-state index is 0.277. The van der Waals surface area contributed by atoms with Gasteiger partial charge in [-0.15, -0.1) is 0 Å². The number of hydrogen-bond donors (Lipinski definition) is 2. The number of aliphatic hydroxyl groups excluding tert-OH is 1. The maximum atomic E-state index is 13.9. The van der Waals surface area contributed by atoms with Crippen LogP contribution in [-0.4, -0.2) is 40.6 Å². The Kier molecular flexibility index (Phi) is 3.22. The fourth-order valence-corrected chi connectivity index (χ4v) is 2.51. The van der Waals surface area contributed by atoms with Crippen LogP contribution in [0.2, 0.25) is 0 Å². The Balaban J connectivity index is 1.84. The van der Waals surface area contributed by atoms with Crippen LogP contribution in [0.15, 0.2) is 24.4 Å². The number of hydrogen-bond acceptors (Lipinski definition) is 2. The molecule has 1 heterocycles. The quantitative estimate of drug-likeness (QED) is 0.899. The number of likely N-dealkylation sites (N-methyl/N-ethyl adjacent to an activating group) is 1. The van der Waals surface area contributed by atoms with Gasteiger partial charge in [-0.3, -0.25) is 4.79 Å². The summed E-state index contributed by atoms with van der Waals surface area (Å²) >= 11 is 0. The highest BCUT2D eigenvalue weighted by atomic mass is 19.1. The van der Waals surface area contributed by atoms with Gasteiger partial charge in [-0.1, -0.05) is 6.07 Å². The summed E-state index contributed by atoms with van der Waals surface area (Å²) in [5.41, 5.74) is 0.910. The van der Waals surface area contributed by atoms with Crippen LogP contribution >= 0.6 is 0 Å². The first-order chi connectivity index (χ1) is 9.58. The molecule has 106 valence electrons. The Morgan fingerprint density at radius 2 is 2.30 bits per heavy atom. The largest absolute Gasteiger partial charge is 0.391 e. The van der Waals surface area contributed by atoms with E-state index < -0.39 is 11.9 Å². The molecule has 5 heteroatoms. The van der Waals surface area contributed by atoms with Gasteiger partial charge in [0.2, 0.25) is 0 Å². The van der Waals surface area contributed by atoms with Crippen molar-refractivity contribution in [1.29, 1.82) is 0 Å². The topological polar surface area (TPSA) is 56.3 Å². The van der Waals surface area contributed by atoms with E-state index in [4.69, 9.17) is 0 Å². The molecular formula is C15H17FN2O2. The zero-order chi connectivity index (χ0) is 14.3. The third-order valence-electron chi connectivity index (χ3n) is 3.86. The monoisotopic (exact) mass is 276 g/mol. The van der Waals surface area contributed by atoms with Gasteiger partial charge in [0.15, 0.2) is 0 Å². The van der Waals surface area contributed by atoms with Crippen molar-refractivity contribution in [3.05, 3.63) is 35.8 Å². The number of aromatic nitrogens is 1. The predicted octanol–water partition coefficient (Wildman–Crippen LogP) is 2.15. The SMILES string of the molecule is CN(CC(O)C1CC1)C(=O)c1c[nH]c2cccc(F)c12. The van der Waals surface area contributed by atoms with E-state index >= 15 is 0 Å². The molecule has 1 aliphatic carbocycles. The second-order valence-corrected chi connectivity index (χ2v) is 5.46. The van der Waals surface area contributed by atoms with Gasteiger partial charge >= 0.3 is 0 Å². The summed E-state index contributed by atoms with van der Waals surface area (Å²) in [4.78, 5) is 16.7. The van der Waals surface area contributed by atoms with Crippen molar-refractivity contribution in [2.45, 2.75) is 18.9 Å². The summed E-state index contributed by atoms with van der Waals surface area (Å²) in [5.74, 6) is -0.380. The summed E-state index contributed by atoms with van der Waals surface area (Å²) in [6.07, 6.45) is 3.07. The number of carbonyl (C=O) groups is 1. The van der Waals surface area contributed by atoms with Gasteiger partial charge in [0.05, 0.1) is 11.7 Å². The van der Waals surface area contributed by atoms with Crippen LogP contribution in [0.3, 0.4) is 0 Å². The molecule has 0 radical (unpaired) electrons. The molecule has 20 heavy (non-hydrogen) atoms. The van der Waals surface area contributed by atoms with E-state index in [1.54, 1.807) is 19.2 Å². The number of aromatic amines is 1. The van der Waals surface area contributed by atoms with Crippen LogP contribution in [0.1, 0.15) is 23.2 Å². The molecule has 3 rings (SSSR count). The summed E-state index contributed by atoms with van der Waals surface area (Å²) in [6.45, 7) is 0.282. The van der Waals surface area contributed by atoms with E-state index in [9.17, 15) is 14.3 Å². The van der Waals surface area contributed by atoms with Gasteiger partial charge in [-0.25, -0.2) is 4.39 Å². The van der Waals surface area contributed by atoms with Crippen molar-refractivity contribution in [3.63, 3.8) is 0 Å². The molecule has 1 fully saturated rings. The van der Waals surface area contributed by atoms with Gasteiger partial charge in [0, 0.05) is 30.7 Å². The van der Waals surface area contributed by atoms with Crippen LogP contribution in [0, 0.1) is 11.7 Å². The molecule has 1 aromatic carbocycles. The van der Waals surface area contributed by atoms with Gasteiger partial charge in [0.25, 0.3) is 5.91 Å². The van der Waals surface area contributed by atoms with Gasteiger partial charge in [-0.05, 0) is 30.9 Å². The van der Waals surface area contributed by atoms with Gasteiger partial charge < -0.3 is 15.0 Å². The van der Waals surface area contributed by atoms with Crippen molar-refractivity contribution >= 4 is 16.8 Å². The molecule has 1 saturated carbocycles. The van der Waals surface area contributed by atoms with Crippen LogP contribution in [0.25, 0.3) is 10.9 Å². The first-order valence-corrected chi connectivity index (χ1v) is 6.77. The highest BCUT2D eigenvalue weighted by Gasteiger charge is 2.31. The van der Waals surface area contributed by atoms with E-state index in [0.29, 0.717) is 22.4 Å². The number of fused-ring (bicyclic) bond motifs is 1. The second-order valence-electron chi connectivity index (χ2n) is 5.46. The maximum Gasteiger partial charge on any atom is 0.255 e. The molecule has 0 aliphatic heterocycles. The van der Waals surface area contributed by atoms with E-state index in [1.807, 2.05) is 0 Å². The van der Waals surface area contributed by atoms with Crippen LogP contribution < -0.4 is 0 Å². The molecule has 4 nitrogen and oxygen atoms in total. The number of carbonyl (C=O) groups excluding carboxylic acids is 1. The average Bonchev–Trinajstić information content (AvgIpc) is 3.18. The fraction of sp³-hybridized carbons (Fsp3) is 0.400. The lowest BCUT2D eigenvalue weighted by Crippen LogP contribution is -2.35. The lowest BCUT2D eigenvalue weighted by atomic mass is 10.1. The second kappa shape index (κ2) is 4.90. The molecule has 1 atom stereocenters. The minimum Gasteiger partial charge on any atom is -0.391 e. The first-order valence-electron chi connectivity index (χ1n) is 6.77. The molecule has 2 aromatic rings. The van der Waals surface area contributed by atoms with Crippen molar-refractivity contribution in [1.82, 2.24) is 9.88 Å². The Labute approximate surface area is 116 Å². The van der Waals surface area contributed by atoms with E-state index in [-0.39, 0.29) is 12.5 Å². The smallest absolute Gasteiger partial charge is 0.255 e. The normalized spacial score (nSPS) is 16.4. The molecule has 1 aromatic heterocycles. The summed E-state index contributed by atoms with van der Waals surface area (Å²) < 4.78 is 13.9. The Hall–Kier alpha value is -1.88. The molecular weight excluding hydrogens is 259 g/mol. The predicted molar refractivity (Wildman–Crippen MR) is 73.9 cm³/mol. The average molecular weight is 276 g/mol. The van der Waals surface area contributed by atoms with Crippen molar-refractivity contribution in [2.75, 3.05) is 13.6 Å². The standard InChI is InChI=1S/C15H17FN2O2/c1-18(8-13(19)9-5-6-9)15(20)10-7-17-12-4-2-3-11(16)14(10)12/h2-4,7,9,13,17,19H,5-6,8H2,1H3. The van der Waals surface area contributed by atoms with Crippen molar-refractivity contribution < 1.29 is 14.3 Å². The lowest BCUT2D eigenvalue weighted by Gasteiger charge is -2.20. The Morgan fingerprint density at radius 1 is 1.55 bits per heavy atom. The number of H-pyrrole nitrogens is 1. The molecule has 0 saturated heterocycles. The van der Waals surface area contributed by atoms with Gasteiger partial charge in [0.1, 0.15) is 5.82 Å². The number of amides is 1.